The van der Waals surface area contributed by atoms with E-state index in [2.05, 4.69) is 0 Å². The number of carbonyl (C=O) groups excluding carboxylic acids is 2. The summed E-state index contributed by atoms with van der Waals surface area (Å²) in [7, 11) is 3.11. The maximum atomic E-state index is 12.9. The third-order valence-electron chi connectivity index (χ3n) is 5.26. The van der Waals surface area contributed by atoms with Crippen molar-refractivity contribution in [3.05, 3.63) is 57.8 Å². The maximum Gasteiger partial charge on any atom is 0.295 e. The number of carbonyl (C=O) groups is 2. The topological polar surface area (TPSA) is 98.2 Å². The van der Waals surface area contributed by atoms with Crippen LogP contribution in [-0.4, -0.2) is 80.6 Å². The van der Waals surface area contributed by atoms with Gasteiger partial charge in [0.05, 0.1) is 16.5 Å². The molecule has 1 atom stereocenters. The summed E-state index contributed by atoms with van der Waals surface area (Å²) in [6.45, 7) is 1.13. The Balaban J connectivity index is 2.03. The van der Waals surface area contributed by atoms with Gasteiger partial charge in [-0.25, -0.2) is 12.7 Å². The molecule has 1 aliphatic rings. The Morgan fingerprint density at radius 1 is 1.09 bits per heavy atom. The molecule has 10 heteroatoms. The number of Topliss-reactive ketones (excluding diaryl/α,β-unsaturated/α-hetero) is 1. The third kappa shape index (κ3) is 4.63. The lowest BCUT2D eigenvalue weighted by atomic mass is 10.00. The summed E-state index contributed by atoms with van der Waals surface area (Å²) in [5, 5.41) is 12.9. The molecule has 1 aromatic carbocycles. The van der Waals surface area contributed by atoms with Crippen molar-refractivity contribution in [3.63, 3.8) is 0 Å². The standard InChI is InChI=1S/C22H27N3O5S2/c1-23(2)12-6-13-25-19(17-7-5-14-31-17)18(21(27)22(25)28)20(26)15-8-10-16(11-9-15)32(29,30)24(3)4/h5,7-11,14,19,26H,6,12-13H2,1-4H3. The summed E-state index contributed by atoms with van der Waals surface area (Å²) in [5.41, 5.74) is 0.293. The first-order valence-electron chi connectivity index (χ1n) is 10.0. The molecule has 32 heavy (non-hydrogen) atoms. The van der Waals surface area contributed by atoms with Gasteiger partial charge in [-0.1, -0.05) is 6.07 Å². The normalized spacial score (nSPS) is 18.8. The minimum Gasteiger partial charge on any atom is -0.507 e. The van der Waals surface area contributed by atoms with Gasteiger partial charge in [0.1, 0.15) is 5.76 Å². The molecule has 3 rings (SSSR count). The zero-order chi connectivity index (χ0) is 23.6. The van der Waals surface area contributed by atoms with Gasteiger partial charge in [-0.15, -0.1) is 11.3 Å². The van der Waals surface area contributed by atoms with E-state index < -0.39 is 27.8 Å². The highest BCUT2D eigenvalue weighted by atomic mass is 32.2. The number of likely N-dealkylation sites (tertiary alicyclic amines) is 1. The Hall–Kier alpha value is -2.53. The van der Waals surface area contributed by atoms with Crippen LogP contribution in [0, 0.1) is 0 Å². The molecule has 2 aromatic rings. The number of hydrogen-bond donors (Lipinski definition) is 1. The van der Waals surface area contributed by atoms with Gasteiger partial charge < -0.3 is 14.9 Å². The molecule has 172 valence electrons. The summed E-state index contributed by atoms with van der Waals surface area (Å²) in [6, 6.07) is 8.62. The van der Waals surface area contributed by atoms with Crippen LogP contribution in [0.4, 0.5) is 0 Å². The molecule has 1 unspecified atom stereocenters. The molecular weight excluding hydrogens is 450 g/mol. The number of benzene rings is 1. The van der Waals surface area contributed by atoms with Gasteiger partial charge in [0.15, 0.2) is 0 Å². The molecule has 1 saturated heterocycles. The van der Waals surface area contributed by atoms with Gasteiger partial charge in [0.25, 0.3) is 11.7 Å². The first-order chi connectivity index (χ1) is 15.1. The van der Waals surface area contributed by atoms with E-state index in [9.17, 15) is 23.1 Å². The second kappa shape index (κ2) is 9.53. The summed E-state index contributed by atoms with van der Waals surface area (Å²) >= 11 is 1.41. The second-order valence-corrected chi connectivity index (χ2v) is 11.1. The van der Waals surface area contributed by atoms with E-state index in [4.69, 9.17) is 0 Å². The summed E-state index contributed by atoms with van der Waals surface area (Å²) in [6.07, 6.45) is 0.680. The largest absolute Gasteiger partial charge is 0.507 e. The van der Waals surface area contributed by atoms with Crippen molar-refractivity contribution in [2.75, 3.05) is 41.3 Å². The monoisotopic (exact) mass is 477 g/mol. The number of aliphatic hydroxyl groups is 1. The van der Waals surface area contributed by atoms with Crippen molar-refractivity contribution in [2.45, 2.75) is 17.4 Å². The Bertz CT molecular complexity index is 1120. The first-order valence-corrected chi connectivity index (χ1v) is 12.4. The lowest BCUT2D eigenvalue weighted by molar-refractivity contribution is -0.139. The average Bonchev–Trinajstić information content (AvgIpc) is 3.35. The van der Waals surface area contributed by atoms with E-state index in [0.29, 0.717) is 13.0 Å². The van der Waals surface area contributed by atoms with Crippen LogP contribution in [0.1, 0.15) is 22.9 Å². The molecule has 1 aliphatic heterocycles. The molecular formula is C22H27N3O5S2. The predicted molar refractivity (Wildman–Crippen MR) is 124 cm³/mol. The zero-order valence-corrected chi connectivity index (χ0v) is 20.1. The minimum atomic E-state index is -3.63. The SMILES string of the molecule is CN(C)CCCN1C(=O)C(=O)C(=C(O)c2ccc(S(=O)(=O)N(C)C)cc2)C1c1cccs1. The fraction of sp³-hybridized carbons (Fsp3) is 0.364. The van der Waals surface area contributed by atoms with Crippen LogP contribution in [0.3, 0.4) is 0 Å². The van der Waals surface area contributed by atoms with Crippen molar-refractivity contribution < 1.29 is 23.1 Å². The summed E-state index contributed by atoms with van der Waals surface area (Å²) in [4.78, 5) is 30.1. The van der Waals surface area contributed by atoms with Crippen LogP contribution in [0.5, 0.6) is 0 Å². The molecule has 8 nitrogen and oxygen atoms in total. The molecule has 0 saturated carbocycles. The van der Waals surface area contributed by atoms with Crippen LogP contribution in [0.15, 0.2) is 52.2 Å². The number of ketones is 1. The number of rotatable bonds is 8. The van der Waals surface area contributed by atoms with Gasteiger partial charge in [-0.05, 0) is 62.8 Å². The van der Waals surface area contributed by atoms with E-state index in [1.54, 1.807) is 0 Å². The van der Waals surface area contributed by atoms with Crippen molar-refractivity contribution in [3.8, 4) is 0 Å². The number of nitrogens with zero attached hydrogens (tertiary/aromatic N) is 3. The molecule has 0 radical (unpaired) electrons. The Kier molecular flexibility index (Phi) is 7.19. The fourth-order valence-electron chi connectivity index (χ4n) is 3.56. The lowest BCUT2D eigenvalue weighted by Gasteiger charge is -2.24. The Morgan fingerprint density at radius 3 is 2.28 bits per heavy atom. The molecule has 0 spiro atoms. The van der Waals surface area contributed by atoms with Crippen LogP contribution in [0.25, 0.3) is 5.76 Å². The van der Waals surface area contributed by atoms with Crippen molar-refractivity contribution in [1.29, 1.82) is 0 Å². The van der Waals surface area contributed by atoms with Crippen molar-refractivity contribution in [2.24, 2.45) is 0 Å². The number of sulfonamides is 1. The van der Waals surface area contributed by atoms with Gasteiger partial charge >= 0.3 is 0 Å². The average molecular weight is 478 g/mol. The maximum absolute atomic E-state index is 12.9. The highest BCUT2D eigenvalue weighted by Crippen LogP contribution is 2.41. The first kappa shape index (κ1) is 24.1. The number of thiophene rings is 1. The predicted octanol–water partition coefficient (Wildman–Crippen LogP) is 2.37. The van der Waals surface area contributed by atoms with Gasteiger partial charge in [0.2, 0.25) is 10.0 Å². The van der Waals surface area contributed by atoms with Crippen LogP contribution < -0.4 is 0 Å². The molecule has 0 bridgehead atoms. The van der Waals surface area contributed by atoms with Crippen LogP contribution in [0.2, 0.25) is 0 Å². The highest BCUT2D eigenvalue weighted by molar-refractivity contribution is 7.89. The quantitative estimate of drug-likeness (QED) is 0.356. The molecule has 1 amide bonds. The molecule has 1 aromatic heterocycles. The molecule has 0 aliphatic carbocycles. The molecule has 1 N–H and O–H groups in total. The zero-order valence-electron chi connectivity index (χ0n) is 18.5. The van der Waals surface area contributed by atoms with E-state index >= 15 is 0 Å². The molecule has 1 fully saturated rings. The van der Waals surface area contributed by atoms with Gasteiger partial charge in [-0.2, -0.15) is 0 Å². The van der Waals surface area contributed by atoms with Gasteiger partial charge in [0, 0.05) is 31.1 Å². The van der Waals surface area contributed by atoms with Crippen LogP contribution >= 0.6 is 11.3 Å². The van der Waals surface area contributed by atoms with E-state index in [-0.39, 0.29) is 21.8 Å². The van der Waals surface area contributed by atoms with Crippen LogP contribution in [-0.2, 0) is 19.6 Å². The number of aliphatic hydroxyl groups excluding tert-OH is 1. The smallest absolute Gasteiger partial charge is 0.295 e. The Labute approximate surface area is 192 Å². The van der Waals surface area contributed by atoms with E-state index in [0.717, 1.165) is 15.7 Å². The number of hydrogen-bond acceptors (Lipinski definition) is 7. The van der Waals surface area contributed by atoms with Crippen molar-refractivity contribution >= 4 is 38.8 Å². The summed E-state index contributed by atoms with van der Waals surface area (Å²) in [5.74, 6) is -1.70. The Morgan fingerprint density at radius 2 is 1.75 bits per heavy atom. The number of amides is 1. The van der Waals surface area contributed by atoms with Gasteiger partial charge in [-0.3, -0.25) is 9.59 Å². The highest BCUT2D eigenvalue weighted by Gasteiger charge is 2.46. The minimum absolute atomic E-state index is 0.0190. The van der Waals surface area contributed by atoms with Crippen molar-refractivity contribution in [1.82, 2.24) is 14.1 Å². The lowest BCUT2D eigenvalue weighted by Crippen LogP contribution is -2.32. The molecule has 2 heterocycles. The van der Waals surface area contributed by atoms with E-state index in [1.807, 2.05) is 36.5 Å². The summed E-state index contributed by atoms with van der Waals surface area (Å²) < 4.78 is 25.7. The second-order valence-electron chi connectivity index (χ2n) is 7.98. The fourth-order valence-corrected chi connectivity index (χ4v) is 5.31. The third-order valence-corrected chi connectivity index (χ3v) is 8.02. The van der Waals surface area contributed by atoms with E-state index in [1.165, 1.54) is 54.6 Å².